The third kappa shape index (κ3) is 2.98. The van der Waals surface area contributed by atoms with Gasteiger partial charge in [0, 0.05) is 0 Å². The third-order valence-electron chi connectivity index (χ3n) is 4.01. The maximum atomic E-state index is 12.7. The van der Waals surface area contributed by atoms with Crippen LogP contribution in [0, 0.1) is 6.92 Å². The van der Waals surface area contributed by atoms with Crippen molar-refractivity contribution < 1.29 is 0 Å². The lowest BCUT2D eigenvalue weighted by molar-refractivity contribution is 0.745. The molecule has 0 aliphatic heterocycles. The molecule has 0 unspecified atom stereocenters. The predicted octanol–water partition coefficient (Wildman–Crippen LogP) is 3.64. The van der Waals surface area contributed by atoms with Crippen LogP contribution in [0.3, 0.4) is 0 Å². The van der Waals surface area contributed by atoms with E-state index >= 15 is 0 Å². The summed E-state index contributed by atoms with van der Waals surface area (Å²) in [6.45, 7) is 2.30. The van der Waals surface area contributed by atoms with Gasteiger partial charge in [-0.2, -0.15) is 4.68 Å². The van der Waals surface area contributed by atoms with Gasteiger partial charge in [-0.3, -0.25) is 9.36 Å². The lowest BCUT2D eigenvalue weighted by atomic mass is 10.2. The van der Waals surface area contributed by atoms with E-state index in [-0.39, 0.29) is 11.1 Å². The van der Waals surface area contributed by atoms with Crippen LogP contribution in [0.4, 0.5) is 0 Å². The molecule has 4 aromatic rings. The molecule has 0 amide bonds. The molecule has 0 bridgehead atoms. The Morgan fingerprint density at radius 1 is 1.08 bits per heavy atom. The molecule has 6 nitrogen and oxygen atoms in total. The summed E-state index contributed by atoms with van der Waals surface area (Å²) in [6.07, 6.45) is 1.49. The van der Waals surface area contributed by atoms with Gasteiger partial charge in [-0.05, 0) is 42.3 Å². The highest BCUT2D eigenvalue weighted by atomic mass is 35.5. The van der Waals surface area contributed by atoms with Crippen LogP contribution in [0.15, 0.2) is 53.6 Å². The molecule has 26 heavy (non-hydrogen) atoms. The standard InChI is InChI=1S/C18H13Cl2N5O/c1-11-3-2-4-13(7-11)25-17-16(22-23-25)18(26)24(10-21-17)9-12-5-6-14(19)15(20)8-12/h2-8,10H,9H2,1H3. The van der Waals surface area contributed by atoms with E-state index in [1.165, 1.54) is 10.9 Å². The Morgan fingerprint density at radius 3 is 2.69 bits per heavy atom. The first-order valence-corrected chi connectivity index (χ1v) is 8.60. The minimum atomic E-state index is -0.264. The first-order chi connectivity index (χ1) is 12.5. The molecule has 0 aliphatic rings. The average Bonchev–Trinajstić information content (AvgIpc) is 3.05. The van der Waals surface area contributed by atoms with Crippen molar-refractivity contribution in [3.63, 3.8) is 0 Å². The fraction of sp³-hybridized carbons (Fsp3) is 0.111. The van der Waals surface area contributed by atoms with Gasteiger partial charge in [0.2, 0.25) is 0 Å². The Labute approximate surface area is 158 Å². The molecule has 2 aromatic heterocycles. The summed E-state index contributed by atoms with van der Waals surface area (Å²) in [5, 5.41) is 9.03. The Morgan fingerprint density at radius 2 is 1.92 bits per heavy atom. The van der Waals surface area contributed by atoms with E-state index < -0.39 is 0 Å². The van der Waals surface area contributed by atoms with E-state index in [0.29, 0.717) is 22.2 Å². The first-order valence-electron chi connectivity index (χ1n) is 7.85. The Kier molecular flexibility index (Phi) is 4.22. The molecule has 0 spiro atoms. The topological polar surface area (TPSA) is 65.6 Å². The van der Waals surface area contributed by atoms with Crippen LogP contribution in [0.1, 0.15) is 11.1 Å². The van der Waals surface area contributed by atoms with E-state index in [9.17, 15) is 4.79 Å². The number of nitrogens with zero attached hydrogens (tertiary/aromatic N) is 5. The van der Waals surface area contributed by atoms with E-state index in [0.717, 1.165) is 16.8 Å². The number of aromatic nitrogens is 5. The van der Waals surface area contributed by atoms with Crippen molar-refractivity contribution in [2.24, 2.45) is 0 Å². The summed E-state index contributed by atoms with van der Waals surface area (Å²) in [5.74, 6) is 0. The average molecular weight is 386 g/mol. The van der Waals surface area contributed by atoms with Crippen LogP contribution in [-0.4, -0.2) is 24.5 Å². The molecule has 0 N–H and O–H groups in total. The van der Waals surface area contributed by atoms with Gasteiger partial charge in [-0.25, -0.2) is 4.98 Å². The molecule has 0 radical (unpaired) electrons. The van der Waals surface area contributed by atoms with Crippen molar-refractivity contribution in [3.8, 4) is 5.69 Å². The lowest BCUT2D eigenvalue weighted by Crippen LogP contribution is -2.21. The highest BCUT2D eigenvalue weighted by Crippen LogP contribution is 2.23. The zero-order chi connectivity index (χ0) is 18.3. The second-order valence-electron chi connectivity index (χ2n) is 5.94. The quantitative estimate of drug-likeness (QED) is 0.539. The van der Waals surface area contributed by atoms with Gasteiger partial charge < -0.3 is 0 Å². The molecule has 8 heteroatoms. The summed E-state index contributed by atoms with van der Waals surface area (Å²) < 4.78 is 3.03. The van der Waals surface area contributed by atoms with Crippen molar-refractivity contribution in [2.75, 3.05) is 0 Å². The number of benzene rings is 2. The number of rotatable bonds is 3. The van der Waals surface area contributed by atoms with Crippen molar-refractivity contribution in [1.29, 1.82) is 0 Å². The van der Waals surface area contributed by atoms with E-state index in [1.807, 2.05) is 37.3 Å². The molecular weight excluding hydrogens is 373 g/mol. The van der Waals surface area contributed by atoms with E-state index in [2.05, 4.69) is 15.3 Å². The van der Waals surface area contributed by atoms with Crippen LogP contribution < -0.4 is 5.56 Å². The summed E-state index contributed by atoms with van der Waals surface area (Å²) in [5.41, 5.74) is 3.11. The van der Waals surface area contributed by atoms with Gasteiger partial charge in [0.15, 0.2) is 11.2 Å². The number of halogens is 2. The van der Waals surface area contributed by atoms with Gasteiger partial charge >= 0.3 is 0 Å². The van der Waals surface area contributed by atoms with E-state index in [1.54, 1.807) is 16.8 Å². The maximum absolute atomic E-state index is 12.7. The second kappa shape index (κ2) is 6.55. The normalized spacial score (nSPS) is 11.2. The van der Waals surface area contributed by atoms with Crippen LogP contribution in [-0.2, 0) is 6.54 Å². The predicted molar refractivity (Wildman–Crippen MR) is 101 cm³/mol. The van der Waals surface area contributed by atoms with Crippen molar-refractivity contribution in [2.45, 2.75) is 13.5 Å². The van der Waals surface area contributed by atoms with Crippen LogP contribution in [0.2, 0.25) is 10.0 Å². The monoisotopic (exact) mass is 385 g/mol. The summed E-state index contributed by atoms with van der Waals surface area (Å²) in [6, 6.07) is 13.0. The number of fused-ring (bicyclic) bond motifs is 1. The molecule has 0 saturated carbocycles. The van der Waals surface area contributed by atoms with Gasteiger partial charge in [-0.1, -0.05) is 46.6 Å². The summed E-state index contributed by atoms with van der Waals surface area (Å²) in [7, 11) is 0. The second-order valence-corrected chi connectivity index (χ2v) is 6.75. The largest absolute Gasteiger partial charge is 0.293 e. The van der Waals surface area contributed by atoms with Crippen molar-refractivity contribution >= 4 is 34.4 Å². The SMILES string of the molecule is Cc1cccc(-n2nnc3c(=O)n(Cc4ccc(Cl)c(Cl)c4)cnc32)c1. The van der Waals surface area contributed by atoms with Gasteiger partial charge in [-0.15, -0.1) is 5.10 Å². The minimum Gasteiger partial charge on any atom is -0.293 e. The fourth-order valence-corrected chi connectivity index (χ4v) is 3.05. The van der Waals surface area contributed by atoms with Crippen LogP contribution in [0.5, 0.6) is 0 Å². The molecule has 0 atom stereocenters. The molecule has 0 fully saturated rings. The van der Waals surface area contributed by atoms with Crippen molar-refractivity contribution in [1.82, 2.24) is 24.5 Å². The highest BCUT2D eigenvalue weighted by molar-refractivity contribution is 6.42. The molecule has 0 aliphatic carbocycles. The lowest BCUT2D eigenvalue weighted by Gasteiger charge is -2.07. The fourth-order valence-electron chi connectivity index (χ4n) is 2.72. The minimum absolute atomic E-state index is 0.217. The smallest absolute Gasteiger partial charge is 0.283 e. The molecule has 4 rings (SSSR count). The third-order valence-corrected chi connectivity index (χ3v) is 4.75. The molecule has 130 valence electrons. The molecule has 2 aromatic carbocycles. The zero-order valence-corrected chi connectivity index (χ0v) is 15.2. The van der Waals surface area contributed by atoms with Gasteiger partial charge in [0.25, 0.3) is 5.56 Å². The molecule has 2 heterocycles. The van der Waals surface area contributed by atoms with Crippen molar-refractivity contribution in [3.05, 3.63) is 80.3 Å². The van der Waals surface area contributed by atoms with Gasteiger partial charge in [0.1, 0.15) is 6.33 Å². The molecular formula is C18H13Cl2N5O. The zero-order valence-electron chi connectivity index (χ0n) is 13.7. The number of aryl methyl sites for hydroxylation is 1. The Balaban J connectivity index is 1.76. The number of hydrogen-bond donors (Lipinski definition) is 0. The van der Waals surface area contributed by atoms with Crippen LogP contribution in [0.25, 0.3) is 16.9 Å². The molecule has 0 saturated heterocycles. The summed E-state index contributed by atoms with van der Waals surface area (Å²) >= 11 is 12.0. The van der Waals surface area contributed by atoms with E-state index in [4.69, 9.17) is 23.2 Å². The van der Waals surface area contributed by atoms with Crippen LogP contribution >= 0.6 is 23.2 Å². The Hall–Kier alpha value is -2.70. The first kappa shape index (κ1) is 16.8. The Bertz CT molecular complexity index is 1180. The highest BCUT2D eigenvalue weighted by Gasteiger charge is 2.13. The maximum Gasteiger partial charge on any atom is 0.283 e. The van der Waals surface area contributed by atoms with Gasteiger partial charge in [0.05, 0.1) is 22.3 Å². The summed E-state index contributed by atoms with van der Waals surface area (Å²) in [4.78, 5) is 17.1. The number of hydrogen-bond acceptors (Lipinski definition) is 4.